The van der Waals surface area contributed by atoms with Gasteiger partial charge >= 0.3 is 18.2 Å². The highest BCUT2D eigenvalue weighted by Crippen LogP contribution is 2.33. The van der Waals surface area contributed by atoms with Gasteiger partial charge in [0.25, 0.3) is 0 Å². The molecule has 1 aromatic rings. The van der Waals surface area contributed by atoms with Crippen molar-refractivity contribution in [3.8, 4) is 6.07 Å². The second kappa shape index (κ2) is 10.7. The number of carbonyl (C=O) groups excluding carboxylic acids is 2. The van der Waals surface area contributed by atoms with E-state index in [0.717, 1.165) is 22.8 Å². The first-order valence-electron chi connectivity index (χ1n) is 9.15. The molecule has 0 fully saturated rings. The number of ether oxygens (including phenoxy) is 1. The Labute approximate surface area is 185 Å². The van der Waals surface area contributed by atoms with Crippen molar-refractivity contribution in [2.24, 2.45) is 5.92 Å². The number of nitrogens with one attached hydrogen (secondary N) is 2. The lowest BCUT2D eigenvalue weighted by Crippen LogP contribution is -2.50. The summed E-state index contributed by atoms with van der Waals surface area (Å²) in [5.41, 5.74) is 7.94. The summed E-state index contributed by atoms with van der Waals surface area (Å²) in [4.78, 5) is 32.4. The number of carbonyl (C=O) groups is 2. The number of allylic oxidation sites excluding steroid dienone is 4. The molecular weight excluding hydrogens is 451 g/mol. The first-order chi connectivity index (χ1) is 15.1. The van der Waals surface area contributed by atoms with E-state index in [2.05, 4.69) is 20.7 Å². The lowest BCUT2D eigenvalue weighted by atomic mass is 9.98. The Morgan fingerprint density at radius 1 is 1.44 bits per heavy atom. The van der Waals surface area contributed by atoms with Crippen LogP contribution < -0.4 is 21.5 Å². The lowest BCUT2D eigenvalue weighted by Gasteiger charge is -2.26. The molecule has 1 heterocycles. The van der Waals surface area contributed by atoms with Crippen molar-refractivity contribution in [3.63, 3.8) is 0 Å². The van der Waals surface area contributed by atoms with E-state index in [1.54, 1.807) is 13.2 Å². The zero-order valence-corrected chi connectivity index (χ0v) is 17.9. The van der Waals surface area contributed by atoms with Gasteiger partial charge in [-0.2, -0.15) is 23.4 Å². The van der Waals surface area contributed by atoms with E-state index in [1.807, 2.05) is 6.07 Å². The Kier molecular flexibility index (Phi) is 8.30. The highest BCUT2D eigenvalue weighted by Gasteiger charge is 2.39. The molecule has 172 valence electrons. The normalized spacial score (nSPS) is 15.4. The van der Waals surface area contributed by atoms with Crippen molar-refractivity contribution < 1.29 is 27.5 Å². The monoisotopic (exact) mass is 471 g/mol. The minimum atomic E-state index is -4.46. The summed E-state index contributed by atoms with van der Waals surface area (Å²) in [5, 5.41) is 13.0. The molecule has 0 aliphatic heterocycles. The standard InChI is InChI=1S/C18H20F3N7O3S/c1-3-31-13(29)9-28(14-12(8-22)15(32-2)26-16(23)25-14)27-17(30)24-11-6-4-5-10(7-11)18(19,20)21/h4-6,10H,3,7,9H2,1-2H3,(H2,23,25,26)(H2,24,27,30). The van der Waals surface area contributed by atoms with Gasteiger partial charge in [-0.15, -0.1) is 11.8 Å². The van der Waals surface area contributed by atoms with Gasteiger partial charge in [-0.3, -0.25) is 9.80 Å². The van der Waals surface area contributed by atoms with Gasteiger partial charge < -0.3 is 15.8 Å². The Morgan fingerprint density at radius 2 is 2.16 bits per heavy atom. The number of rotatable bonds is 7. The number of nitrogens with two attached hydrogens (primary N) is 1. The average molecular weight is 471 g/mol. The third kappa shape index (κ3) is 6.51. The quantitative estimate of drug-likeness (QED) is 0.236. The van der Waals surface area contributed by atoms with Gasteiger partial charge in [0.1, 0.15) is 23.2 Å². The van der Waals surface area contributed by atoms with Gasteiger partial charge in [0.05, 0.1) is 12.5 Å². The maximum Gasteiger partial charge on any atom is 0.395 e. The molecule has 0 radical (unpaired) electrons. The van der Waals surface area contributed by atoms with Crippen LogP contribution in [0.4, 0.5) is 29.7 Å². The van der Waals surface area contributed by atoms with E-state index in [4.69, 9.17) is 10.5 Å². The lowest BCUT2D eigenvalue weighted by molar-refractivity contribution is -0.161. The maximum atomic E-state index is 13.0. The summed E-state index contributed by atoms with van der Waals surface area (Å²) < 4.78 is 43.8. The smallest absolute Gasteiger partial charge is 0.395 e. The molecule has 14 heteroatoms. The van der Waals surface area contributed by atoms with Crippen LogP contribution in [0.25, 0.3) is 0 Å². The summed E-state index contributed by atoms with van der Waals surface area (Å²) in [6.45, 7) is 1.09. The molecule has 4 N–H and O–H groups in total. The van der Waals surface area contributed by atoms with Gasteiger partial charge in [0, 0.05) is 12.1 Å². The Balaban J connectivity index is 2.28. The Morgan fingerprint density at radius 3 is 2.75 bits per heavy atom. The topological polar surface area (TPSA) is 146 Å². The van der Waals surface area contributed by atoms with Crippen molar-refractivity contribution in [1.29, 1.82) is 5.26 Å². The van der Waals surface area contributed by atoms with Crippen molar-refractivity contribution in [2.45, 2.75) is 24.5 Å². The van der Waals surface area contributed by atoms with Crippen molar-refractivity contribution >= 4 is 35.5 Å². The largest absolute Gasteiger partial charge is 0.465 e. The maximum absolute atomic E-state index is 13.0. The summed E-state index contributed by atoms with van der Waals surface area (Å²) in [5.74, 6) is -2.88. The summed E-state index contributed by atoms with van der Waals surface area (Å²) in [7, 11) is 0. The molecule has 0 bridgehead atoms. The highest BCUT2D eigenvalue weighted by molar-refractivity contribution is 7.98. The summed E-state index contributed by atoms with van der Waals surface area (Å²) in [6, 6.07) is 0.938. The molecule has 10 nitrogen and oxygen atoms in total. The minimum absolute atomic E-state index is 0.0101. The van der Waals surface area contributed by atoms with Gasteiger partial charge in [0.2, 0.25) is 5.95 Å². The number of urea groups is 1. The zero-order valence-electron chi connectivity index (χ0n) is 17.1. The molecule has 1 aromatic heterocycles. The zero-order chi connectivity index (χ0) is 23.9. The van der Waals surface area contributed by atoms with Crippen molar-refractivity contribution in [1.82, 2.24) is 20.7 Å². The molecule has 2 rings (SSSR count). The van der Waals surface area contributed by atoms with E-state index in [-0.39, 0.29) is 34.7 Å². The molecular formula is C18H20F3N7O3S. The second-order valence-corrected chi connectivity index (χ2v) is 7.08. The van der Waals surface area contributed by atoms with Crippen LogP contribution in [0.3, 0.4) is 0 Å². The molecule has 0 saturated carbocycles. The van der Waals surface area contributed by atoms with Crippen LogP contribution in [0.15, 0.2) is 29.0 Å². The van der Waals surface area contributed by atoms with Gasteiger partial charge in [-0.25, -0.2) is 15.2 Å². The predicted molar refractivity (Wildman–Crippen MR) is 110 cm³/mol. The minimum Gasteiger partial charge on any atom is -0.465 e. The fourth-order valence-electron chi connectivity index (χ4n) is 2.68. The third-order valence-electron chi connectivity index (χ3n) is 4.04. The highest BCUT2D eigenvalue weighted by atomic mass is 32.2. The number of esters is 1. The number of thioether (sulfide) groups is 1. The number of hydrazine groups is 1. The number of anilines is 2. The van der Waals surface area contributed by atoms with Crippen LogP contribution >= 0.6 is 11.8 Å². The van der Waals surface area contributed by atoms with Crippen LogP contribution in [0.2, 0.25) is 0 Å². The first-order valence-corrected chi connectivity index (χ1v) is 10.4. The van der Waals surface area contributed by atoms with Crippen LogP contribution in [-0.4, -0.2) is 47.6 Å². The number of halogens is 3. The van der Waals surface area contributed by atoms with Crippen LogP contribution in [0.5, 0.6) is 0 Å². The van der Waals surface area contributed by atoms with Gasteiger partial charge in [-0.05, 0) is 19.3 Å². The molecule has 0 aromatic carbocycles. The van der Waals surface area contributed by atoms with Crippen molar-refractivity contribution in [3.05, 3.63) is 29.5 Å². The van der Waals surface area contributed by atoms with Crippen molar-refractivity contribution in [2.75, 3.05) is 30.1 Å². The summed E-state index contributed by atoms with van der Waals surface area (Å²) in [6.07, 6.45) is 0.222. The molecule has 1 atom stereocenters. The number of nitrogens with zero attached hydrogens (tertiary/aromatic N) is 4. The third-order valence-corrected chi connectivity index (χ3v) is 4.72. The Bertz CT molecular complexity index is 976. The number of nitriles is 1. The molecule has 1 unspecified atom stereocenters. The molecule has 0 saturated heterocycles. The first kappa shape index (κ1) is 24.8. The summed E-state index contributed by atoms with van der Waals surface area (Å²) >= 11 is 1.10. The van der Waals surface area contributed by atoms with E-state index in [1.165, 1.54) is 12.2 Å². The van der Waals surface area contributed by atoms with Crippen LogP contribution in [0, 0.1) is 17.2 Å². The number of nitrogen functional groups attached to an aromatic ring is 1. The van der Waals surface area contributed by atoms with E-state index >= 15 is 0 Å². The molecule has 1 aliphatic rings. The van der Waals surface area contributed by atoms with Gasteiger partial charge in [0.15, 0.2) is 5.82 Å². The Hall–Kier alpha value is -3.47. The predicted octanol–water partition coefficient (Wildman–Crippen LogP) is 2.26. The molecule has 1 aliphatic carbocycles. The number of hydrogen-bond donors (Lipinski definition) is 3. The fourth-order valence-corrected chi connectivity index (χ4v) is 3.21. The fraction of sp³-hybridized carbons (Fsp3) is 0.389. The second-order valence-electron chi connectivity index (χ2n) is 6.29. The van der Waals surface area contributed by atoms with Crippen LogP contribution in [-0.2, 0) is 9.53 Å². The van der Waals surface area contributed by atoms with E-state index < -0.39 is 37.1 Å². The number of alkyl halides is 3. The molecule has 2 amide bonds. The van der Waals surface area contributed by atoms with E-state index in [9.17, 15) is 28.0 Å². The van der Waals surface area contributed by atoms with E-state index in [0.29, 0.717) is 0 Å². The average Bonchev–Trinajstić information content (AvgIpc) is 2.72. The SMILES string of the molecule is CCOC(=O)CN(NC(=O)NC1=CC=CC(C(F)(F)F)C1)c1nc(N)nc(SC)c1C#N. The van der Waals surface area contributed by atoms with Gasteiger partial charge in [-0.1, -0.05) is 12.2 Å². The number of hydrogen-bond acceptors (Lipinski definition) is 9. The number of aromatic nitrogens is 2. The number of amides is 2. The molecule has 0 spiro atoms. The molecule has 32 heavy (non-hydrogen) atoms. The van der Waals surface area contributed by atoms with Crippen LogP contribution in [0.1, 0.15) is 18.9 Å².